The number of amides is 2. The molecule has 2 amide bonds. The van der Waals surface area contributed by atoms with Gasteiger partial charge in [0, 0.05) is 29.9 Å². The number of phenolic OH excluding ortho intramolecular Hbond substituents is 2. The van der Waals surface area contributed by atoms with Gasteiger partial charge >= 0.3 is 0 Å². The second-order valence-corrected chi connectivity index (χ2v) is 5.82. The molecule has 0 fully saturated rings. The van der Waals surface area contributed by atoms with Gasteiger partial charge in [0.2, 0.25) is 11.8 Å². The summed E-state index contributed by atoms with van der Waals surface area (Å²) >= 11 is 1.24. The quantitative estimate of drug-likeness (QED) is 0.577. The van der Waals surface area contributed by atoms with Gasteiger partial charge in [0.25, 0.3) is 0 Å². The van der Waals surface area contributed by atoms with Gasteiger partial charge in [0.15, 0.2) is 5.13 Å². The molecule has 0 unspecified atom stereocenters. The van der Waals surface area contributed by atoms with Gasteiger partial charge in [-0.1, -0.05) is 0 Å². The molecule has 7 nitrogen and oxygen atoms in total. The Kier molecular flexibility index (Phi) is 5.53. The first-order valence-electron chi connectivity index (χ1n) is 7.01. The third-order valence-electron chi connectivity index (χ3n) is 3.08. The highest BCUT2D eigenvalue weighted by atomic mass is 32.1. The van der Waals surface area contributed by atoms with Gasteiger partial charge in [0.1, 0.15) is 11.5 Å². The van der Waals surface area contributed by atoms with Crippen molar-refractivity contribution >= 4 is 28.3 Å². The van der Waals surface area contributed by atoms with Crippen LogP contribution in [0.15, 0.2) is 23.6 Å². The number of phenols is 2. The lowest BCUT2D eigenvalue weighted by Gasteiger charge is -2.02. The van der Waals surface area contributed by atoms with Gasteiger partial charge in [-0.3, -0.25) is 9.59 Å². The van der Waals surface area contributed by atoms with Crippen molar-refractivity contribution in [3.8, 4) is 22.8 Å². The predicted molar refractivity (Wildman–Crippen MR) is 87.2 cm³/mol. The van der Waals surface area contributed by atoms with E-state index in [0.717, 1.165) is 0 Å². The number of unbranched alkanes of at least 4 members (excludes halogenated alkanes) is 1. The average Bonchev–Trinajstić information content (AvgIpc) is 2.91. The van der Waals surface area contributed by atoms with E-state index < -0.39 is 0 Å². The SMILES string of the molecule is NC(=O)CCCCC(=O)Nc1nc(-c2ccc(O)cc2O)cs1. The van der Waals surface area contributed by atoms with E-state index in [1.54, 1.807) is 11.4 Å². The minimum atomic E-state index is -0.372. The van der Waals surface area contributed by atoms with Crippen LogP contribution >= 0.6 is 11.3 Å². The Bertz CT molecular complexity index is 714. The van der Waals surface area contributed by atoms with Crippen molar-refractivity contribution in [3.63, 3.8) is 0 Å². The van der Waals surface area contributed by atoms with Gasteiger partial charge in [0.05, 0.1) is 5.69 Å². The second kappa shape index (κ2) is 7.59. The number of aromatic hydroxyl groups is 2. The first-order chi connectivity index (χ1) is 11.0. The molecule has 23 heavy (non-hydrogen) atoms. The van der Waals surface area contributed by atoms with Crippen LogP contribution in [0.3, 0.4) is 0 Å². The van der Waals surface area contributed by atoms with Crippen molar-refractivity contribution in [2.45, 2.75) is 25.7 Å². The van der Waals surface area contributed by atoms with Crippen molar-refractivity contribution in [1.29, 1.82) is 0 Å². The van der Waals surface area contributed by atoms with Crippen LogP contribution in [-0.4, -0.2) is 27.0 Å². The summed E-state index contributed by atoms with van der Waals surface area (Å²) < 4.78 is 0. The number of aromatic nitrogens is 1. The van der Waals surface area contributed by atoms with Gasteiger partial charge in [-0.2, -0.15) is 0 Å². The van der Waals surface area contributed by atoms with E-state index in [2.05, 4.69) is 10.3 Å². The Balaban J connectivity index is 1.92. The minimum absolute atomic E-state index is 0.0361. The number of carbonyl (C=O) groups is 2. The van der Waals surface area contributed by atoms with Crippen LogP contribution in [-0.2, 0) is 9.59 Å². The normalized spacial score (nSPS) is 10.4. The molecule has 0 aliphatic heterocycles. The van der Waals surface area contributed by atoms with Crippen LogP contribution in [0.25, 0.3) is 11.3 Å². The lowest BCUT2D eigenvalue weighted by atomic mass is 10.1. The number of nitrogens with zero attached hydrogens (tertiary/aromatic N) is 1. The zero-order valence-corrected chi connectivity index (χ0v) is 13.1. The summed E-state index contributed by atoms with van der Waals surface area (Å²) in [4.78, 5) is 26.6. The second-order valence-electron chi connectivity index (χ2n) is 4.96. The monoisotopic (exact) mass is 335 g/mol. The average molecular weight is 335 g/mol. The van der Waals surface area contributed by atoms with E-state index in [1.165, 1.54) is 23.5 Å². The van der Waals surface area contributed by atoms with Crippen molar-refractivity contribution in [2.24, 2.45) is 5.73 Å². The molecule has 0 spiro atoms. The number of carbonyl (C=O) groups excluding carboxylic acids is 2. The molecule has 0 radical (unpaired) electrons. The Morgan fingerprint density at radius 1 is 1.22 bits per heavy atom. The molecule has 0 atom stereocenters. The highest BCUT2D eigenvalue weighted by Gasteiger charge is 2.11. The fraction of sp³-hybridized carbons (Fsp3) is 0.267. The number of hydrogen-bond acceptors (Lipinski definition) is 6. The number of primary amides is 1. The first kappa shape index (κ1) is 16.8. The molecule has 1 aromatic carbocycles. The highest BCUT2D eigenvalue weighted by molar-refractivity contribution is 7.14. The van der Waals surface area contributed by atoms with E-state index in [9.17, 15) is 19.8 Å². The molecule has 0 saturated heterocycles. The number of nitrogens with two attached hydrogens (primary N) is 1. The van der Waals surface area contributed by atoms with Crippen LogP contribution in [0.5, 0.6) is 11.5 Å². The number of nitrogens with one attached hydrogen (secondary N) is 1. The molecule has 0 aliphatic rings. The Morgan fingerprint density at radius 2 is 1.96 bits per heavy atom. The Morgan fingerprint density at radius 3 is 2.65 bits per heavy atom. The molecule has 1 heterocycles. The van der Waals surface area contributed by atoms with Gasteiger partial charge in [-0.15, -0.1) is 11.3 Å². The first-order valence-corrected chi connectivity index (χ1v) is 7.89. The Hall–Kier alpha value is -2.61. The standard InChI is InChI=1S/C15H17N3O4S/c16-13(21)3-1-2-4-14(22)18-15-17-11(8-23-15)10-6-5-9(19)7-12(10)20/h5-8,19-20H,1-4H2,(H2,16,21)(H,17,18,22). The summed E-state index contributed by atoms with van der Waals surface area (Å²) in [5.74, 6) is -0.681. The van der Waals surface area contributed by atoms with E-state index in [1.807, 2.05) is 0 Å². The molecular weight excluding hydrogens is 318 g/mol. The third kappa shape index (κ3) is 4.96. The predicted octanol–water partition coefficient (Wildman–Crippen LogP) is 2.21. The van der Waals surface area contributed by atoms with Crippen molar-refractivity contribution in [3.05, 3.63) is 23.6 Å². The molecule has 5 N–H and O–H groups in total. The van der Waals surface area contributed by atoms with Crippen LogP contribution in [0.2, 0.25) is 0 Å². The lowest BCUT2D eigenvalue weighted by Crippen LogP contribution is -2.12. The molecular formula is C15H17N3O4S. The minimum Gasteiger partial charge on any atom is -0.508 e. The highest BCUT2D eigenvalue weighted by Crippen LogP contribution is 2.33. The third-order valence-corrected chi connectivity index (χ3v) is 3.84. The number of thiazole rings is 1. The van der Waals surface area contributed by atoms with E-state index >= 15 is 0 Å². The summed E-state index contributed by atoms with van der Waals surface area (Å²) in [5.41, 5.74) is 6.01. The topological polar surface area (TPSA) is 126 Å². The van der Waals surface area contributed by atoms with Gasteiger partial charge < -0.3 is 21.3 Å². The smallest absolute Gasteiger partial charge is 0.226 e. The van der Waals surface area contributed by atoms with Gasteiger partial charge in [-0.25, -0.2) is 4.98 Å². The van der Waals surface area contributed by atoms with Crippen LogP contribution in [0.1, 0.15) is 25.7 Å². The summed E-state index contributed by atoms with van der Waals surface area (Å²) in [6.45, 7) is 0. The van der Waals surface area contributed by atoms with Crippen molar-refractivity contribution in [2.75, 3.05) is 5.32 Å². The Labute approximate surface area is 136 Å². The van der Waals surface area contributed by atoms with E-state index in [0.29, 0.717) is 29.2 Å². The maximum atomic E-state index is 11.8. The zero-order chi connectivity index (χ0) is 16.8. The summed E-state index contributed by atoms with van der Waals surface area (Å²) in [5, 5.41) is 23.9. The lowest BCUT2D eigenvalue weighted by molar-refractivity contribution is -0.119. The van der Waals surface area contributed by atoms with Crippen molar-refractivity contribution in [1.82, 2.24) is 4.98 Å². The summed E-state index contributed by atoms with van der Waals surface area (Å²) in [6, 6.07) is 4.23. The molecule has 2 aromatic rings. The van der Waals surface area contributed by atoms with Crippen molar-refractivity contribution < 1.29 is 19.8 Å². The maximum absolute atomic E-state index is 11.8. The van der Waals surface area contributed by atoms with Gasteiger partial charge in [-0.05, 0) is 25.0 Å². The van der Waals surface area contributed by atoms with E-state index in [-0.39, 0.29) is 36.2 Å². The number of rotatable bonds is 7. The molecule has 1 aromatic heterocycles. The molecule has 8 heteroatoms. The summed E-state index contributed by atoms with van der Waals surface area (Å²) in [7, 11) is 0. The molecule has 0 bridgehead atoms. The molecule has 2 rings (SSSR count). The maximum Gasteiger partial charge on any atom is 0.226 e. The number of hydrogen-bond donors (Lipinski definition) is 4. The fourth-order valence-corrected chi connectivity index (χ4v) is 2.68. The molecule has 0 saturated carbocycles. The fourth-order valence-electron chi connectivity index (χ4n) is 1.96. The largest absolute Gasteiger partial charge is 0.508 e. The van der Waals surface area contributed by atoms with Crippen LogP contribution < -0.4 is 11.1 Å². The van der Waals surface area contributed by atoms with Crippen LogP contribution in [0.4, 0.5) is 5.13 Å². The summed E-state index contributed by atoms with van der Waals surface area (Å²) in [6.07, 6.45) is 1.71. The number of benzene rings is 1. The molecule has 122 valence electrons. The zero-order valence-electron chi connectivity index (χ0n) is 12.3. The van der Waals surface area contributed by atoms with E-state index in [4.69, 9.17) is 5.73 Å². The number of anilines is 1. The molecule has 0 aliphatic carbocycles. The van der Waals surface area contributed by atoms with Crippen LogP contribution in [0, 0.1) is 0 Å².